The number of ether oxygens (including phenoxy) is 1. The van der Waals surface area contributed by atoms with Crippen molar-refractivity contribution < 1.29 is 9.53 Å². The van der Waals surface area contributed by atoms with E-state index in [1.807, 2.05) is 29.6 Å². The number of piperazine rings is 1. The van der Waals surface area contributed by atoms with Crippen LogP contribution >= 0.6 is 34.5 Å². The zero-order valence-corrected chi connectivity index (χ0v) is 19.3. The van der Waals surface area contributed by atoms with E-state index >= 15 is 0 Å². The van der Waals surface area contributed by atoms with Crippen molar-refractivity contribution in [2.45, 2.75) is 0 Å². The molecule has 1 amide bonds. The van der Waals surface area contributed by atoms with Gasteiger partial charge in [-0.15, -0.1) is 11.3 Å². The predicted molar refractivity (Wildman–Crippen MR) is 128 cm³/mol. The van der Waals surface area contributed by atoms with Crippen LogP contribution in [0.4, 0.5) is 10.8 Å². The van der Waals surface area contributed by atoms with E-state index in [9.17, 15) is 4.79 Å². The molecule has 1 saturated heterocycles. The molecule has 1 aliphatic rings. The fourth-order valence-electron chi connectivity index (χ4n) is 3.55. The highest BCUT2D eigenvalue weighted by molar-refractivity contribution is 7.14. The minimum atomic E-state index is -0.0751. The lowest BCUT2D eigenvalue weighted by atomic mass is 10.2. The number of halogens is 2. The van der Waals surface area contributed by atoms with E-state index in [4.69, 9.17) is 27.9 Å². The fourth-order valence-corrected chi connectivity index (χ4v) is 4.78. The molecule has 1 aromatic heterocycles. The summed E-state index contributed by atoms with van der Waals surface area (Å²) in [6.45, 7) is 3.61. The molecule has 162 valence electrons. The molecule has 0 unspecified atom stereocenters. The maximum absolute atomic E-state index is 12.5. The summed E-state index contributed by atoms with van der Waals surface area (Å²) in [7, 11) is 1.68. The number of nitrogens with one attached hydrogen (secondary N) is 1. The predicted octanol–water partition coefficient (Wildman–Crippen LogP) is 4.89. The number of amides is 1. The Morgan fingerprint density at radius 1 is 1.16 bits per heavy atom. The first-order valence-corrected chi connectivity index (χ1v) is 11.5. The maximum Gasteiger partial charge on any atom is 0.240 e. The number of rotatable bonds is 6. The summed E-state index contributed by atoms with van der Waals surface area (Å²) in [5.41, 5.74) is 2.59. The molecule has 4 rings (SSSR count). The number of para-hydroxylation sites is 2. The van der Waals surface area contributed by atoms with Crippen molar-refractivity contribution in [3.8, 4) is 17.0 Å². The van der Waals surface area contributed by atoms with E-state index in [0.717, 1.165) is 43.2 Å². The lowest BCUT2D eigenvalue weighted by molar-refractivity contribution is -0.117. The third-order valence-corrected chi connectivity index (χ3v) is 6.43. The second-order valence-corrected chi connectivity index (χ2v) is 8.85. The van der Waals surface area contributed by atoms with Gasteiger partial charge in [-0.3, -0.25) is 9.69 Å². The largest absolute Gasteiger partial charge is 0.495 e. The van der Waals surface area contributed by atoms with Crippen molar-refractivity contribution >= 4 is 51.3 Å². The van der Waals surface area contributed by atoms with E-state index in [-0.39, 0.29) is 5.91 Å². The van der Waals surface area contributed by atoms with Gasteiger partial charge in [0.25, 0.3) is 0 Å². The Bertz CT molecular complexity index is 1070. The number of hydrogen-bond acceptors (Lipinski definition) is 6. The second-order valence-electron chi connectivity index (χ2n) is 7.15. The molecule has 31 heavy (non-hydrogen) atoms. The first-order chi connectivity index (χ1) is 15.0. The Balaban J connectivity index is 1.31. The molecule has 1 N–H and O–H groups in total. The number of nitrogens with zero attached hydrogens (tertiary/aromatic N) is 3. The molecule has 0 aliphatic carbocycles. The first kappa shape index (κ1) is 21.9. The summed E-state index contributed by atoms with van der Waals surface area (Å²) in [6.07, 6.45) is 0. The number of carbonyl (C=O) groups excluding carboxylic acids is 1. The van der Waals surface area contributed by atoms with Crippen molar-refractivity contribution in [3.63, 3.8) is 0 Å². The van der Waals surface area contributed by atoms with Crippen LogP contribution in [0, 0.1) is 0 Å². The van der Waals surface area contributed by atoms with Gasteiger partial charge in [0.1, 0.15) is 5.75 Å². The topological polar surface area (TPSA) is 57.7 Å². The third-order valence-electron chi connectivity index (χ3n) is 5.12. The van der Waals surface area contributed by atoms with Gasteiger partial charge in [-0.25, -0.2) is 4.98 Å². The maximum atomic E-state index is 12.5. The zero-order chi connectivity index (χ0) is 21.8. The van der Waals surface area contributed by atoms with Crippen LogP contribution in [-0.4, -0.2) is 55.6 Å². The second kappa shape index (κ2) is 9.87. The molecule has 0 bridgehead atoms. The number of hydrogen-bond donors (Lipinski definition) is 1. The molecular weight excluding hydrogens is 455 g/mol. The van der Waals surface area contributed by atoms with Gasteiger partial charge in [0.05, 0.1) is 30.1 Å². The molecular formula is C22H22Cl2N4O2S. The molecule has 2 aromatic carbocycles. The van der Waals surface area contributed by atoms with Crippen molar-refractivity contribution in [3.05, 3.63) is 57.9 Å². The Morgan fingerprint density at radius 3 is 2.68 bits per heavy atom. The summed E-state index contributed by atoms with van der Waals surface area (Å²) >= 11 is 13.6. The Hall–Kier alpha value is -2.32. The molecule has 2 heterocycles. The summed E-state index contributed by atoms with van der Waals surface area (Å²) in [4.78, 5) is 21.5. The number of anilines is 2. The van der Waals surface area contributed by atoms with Gasteiger partial charge >= 0.3 is 0 Å². The minimum absolute atomic E-state index is 0.0751. The molecule has 1 fully saturated rings. The van der Waals surface area contributed by atoms with Gasteiger partial charge in [0.15, 0.2) is 5.13 Å². The van der Waals surface area contributed by atoms with Crippen LogP contribution in [0.2, 0.25) is 10.0 Å². The lowest BCUT2D eigenvalue weighted by Crippen LogP contribution is -2.48. The number of carbonyl (C=O) groups is 1. The van der Waals surface area contributed by atoms with Crippen LogP contribution in [0.25, 0.3) is 11.3 Å². The van der Waals surface area contributed by atoms with E-state index < -0.39 is 0 Å². The van der Waals surface area contributed by atoms with Crippen molar-refractivity contribution in [2.75, 3.05) is 50.1 Å². The highest BCUT2D eigenvalue weighted by atomic mass is 35.5. The molecule has 0 atom stereocenters. The van der Waals surface area contributed by atoms with E-state index in [1.54, 1.807) is 19.2 Å². The van der Waals surface area contributed by atoms with Crippen LogP contribution in [0.3, 0.4) is 0 Å². The van der Waals surface area contributed by atoms with Crippen LogP contribution in [0.15, 0.2) is 47.8 Å². The summed E-state index contributed by atoms with van der Waals surface area (Å²) in [5, 5.41) is 6.43. The van der Waals surface area contributed by atoms with Gasteiger partial charge < -0.3 is 15.0 Å². The molecule has 0 spiro atoms. The van der Waals surface area contributed by atoms with Gasteiger partial charge in [-0.2, -0.15) is 0 Å². The molecule has 0 radical (unpaired) electrons. The zero-order valence-electron chi connectivity index (χ0n) is 17.0. The van der Waals surface area contributed by atoms with Gasteiger partial charge in [0.2, 0.25) is 5.91 Å². The number of thiazole rings is 1. The highest BCUT2D eigenvalue weighted by Crippen LogP contribution is 2.32. The summed E-state index contributed by atoms with van der Waals surface area (Å²) in [5.74, 6) is 0.794. The van der Waals surface area contributed by atoms with Crippen LogP contribution in [-0.2, 0) is 4.79 Å². The van der Waals surface area contributed by atoms with Gasteiger partial charge in [-0.1, -0.05) is 35.3 Å². The van der Waals surface area contributed by atoms with E-state index in [1.165, 1.54) is 11.3 Å². The van der Waals surface area contributed by atoms with Crippen LogP contribution in [0.1, 0.15) is 0 Å². The third kappa shape index (κ3) is 5.30. The lowest BCUT2D eigenvalue weighted by Gasteiger charge is -2.36. The van der Waals surface area contributed by atoms with Gasteiger partial charge in [0, 0.05) is 42.1 Å². The molecule has 6 nitrogen and oxygen atoms in total. The van der Waals surface area contributed by atoms with E-state index in [2.05, 4.69) is 26.2 Å². The van der Waals surface area contributed by atoms with E-state index in [0.29, 0.717) is 27.4 Å². The smallest absolute Gasteiger partial charge is 0.240 e. The van der Waals surface area contributed by atoms with Crippen LogP contribution in [0.5, 0.6) is 5.75 Å². The van der Waals surface area contributed by atoms with Crippen molar-refractivity contribution in [1.29, 1.82) is 0 Å². The minimum Gasteiger partial charge on any atom is -0.495 e. The number of benzene rings is 2. The van der Waals surface area contributed by atoms with Crippen molar-refractivity contribution in [2.24, 2.45) is 0 Å². The standard InChI is InChI=1S/C22H22Cl2N4O2S/c1-30-20-5-3-2-4-19(20)28-10-8-27(9-11-28)13-21(29)26-22-25-18(14-31-22)16-7-6-15(23)12-17(16)24/h2-7,12,14H,8-11,13H2,1H3,(H,25,26,29). The fraction of sp³-hybridized carbons (Fsp3) is 0.273. The Morgan fingerprint density at radius 2 is 1.94 bits per heavy atom. The highest BCUT2D eigenvalue weighted by Gasteiger charge is 2.21. The molecule has 0 saturated carbocycles. The average molecular weight is 477 g/mol. The molecule has 1 aliphatic heterocycles. The quantitative estimate of drug-likeness (QED) is 0.548. The van der Waals surface area contributed by atoms with Crippen molar-refractivity contribution in [1.82, 2.24) is 9.88 Å². The van der Waals surface area contributed by atoms with Crippen LogP contribution < -0.4 is 15.0 Å². The summed E-state index contributed by atoms with van der Waals surface area (Å²) in [6, 6.07) is 13.3. The monoisotopic (exact) mass is 476 g/mol. The molecule has 9 heteroatoms. The first-order valence-electron chi connectivity index (χ1n) is 9.84. The average Bonchev–Trinajstić information content (AvgIpc) is 3.22. The number of methoxy groups -OCH3 is 1. The van der Waals surface area contributed by atoms with Gasteiger partial charge in [-0.05, 0) is 30.3 Å². The normalized spacial score (nSPS) is 14.5. The summed E-state index contributed by atoms with van der Waals surface area (Å²) < 4.78 is 5.46. The SMILES string of the molecule is COc1ccccc1N1CCN(CC(=O)Nc2nc(-c3ccc(Cl)cc3Cl)cs2)CC1. The molecule has 3 aromatic rings. The number of aromatic nitrogens is 1. The Labute approximate surface area is 195 Å². The Kier molecular flexibility index (Phi) is 6.97.